The molecule has 0 aliphatic heterocycles. The number of hydrogen-bond acceptors (Lipinski definition) is 1. The molecular formula is C11H23N. The van der Waals surface area contributed by atoms with Gasteiger partial charge < -0.3 is 5.32 Å². The first-order valence-electron chi connectivity index (χ1n) is 5.31. The first kappa shape index (κ1) is 10.0. The van der Waals surface area contributed by atoms with E-state index in [0.717, 1.165) is 23.7 Å². The summed E-state index contributed by atoms with van der Waals surface area (Å²) in [5, 5.41) is 3.28. The maximum Gasteiger partial charge on any atom is -0.00234 e. The van der Waals surface area contributed by atoms with Gasteiger partial charge in [0, 0.05) is 0 Å². The number of rotatable bonds is 4. The Hall–Kier alpha value is -0.0400. The molecule has 0 aromatic carbocycles. The van der Waals surface area contributed by atoms with E-state index in [0.29, 0.717) is 0 Å². The van der Waals surface area contributed by atoms with Crippen LogP contribution in [0.2, 0.25) is 0 Å². The van der Waals surface area contributed by atoms with Gasteiger partial charge in [-0.05, 0) is 50.1 Å². The maximum absolute atomic E-state index is 3.28. The fraction of sp³-hybridized carbons (Fsp3) is 1.00. The minimum atomic E-state index is 0.871. The van der Waals surface area contributed by atoms with Crippen LogP contribution in [0.3, 0.4) is 0 Å². The second kappa shape index (κ2) is 4.27. The highest BCUT2D eigenvalue weighted by atomic mass is 14.8. The molecule has 0 heterocycles. The molecule has 0 spiro atoms. The molecule has 0 amide bonds. The Morgan fingerprint density at radius 3 is 2.08 bits per heavy atom. The standard InChI is InChI=1S/C11H23N/c1-8(2)10-5-6-11(10)9(3)7-12-4/h8-12H,5-7H2,1-4H3/t9?,10-,11-/m1/s1. The van der Waals surface area contributed by atoms with Gasteiger partial charge in [-0.25, -0.2) is 0 Å². The van der Waals surface area contributed by atoms with E-state index in [2.05, 4.69) is 33.1 Å². The summed E-state index contributed by atoms with van der Waals surface area (Å²) in [4.78, 5) is 0. The van der Waals surface area contributed by atoms with E-state index < -0.39 is 0 Å². The van der Waals surface area contributed by atoms with E-state index in [1.165, 1.54) is 19.4 Å². The van der Waals surface area contributed by atoms with Gasteiger partial charge in [-0.15, -0.1) is 0 Å². The molecule has 1 nitrogen and oxygen atoms in total. The summed E-state index contributed by atoms with van der Waals surface area (Å²) >= 11 is 0. The van der Waals surface area contributed by atoms with E-state index in [9.17, 15) is 0 Å². The molecule has 1 aliphatic rings. The van der Waals surface area contributed by atoms with Gasteiger partial charge in [0.05, 0.1) is 0 Å². The monoisotopic (exact) mass is 169 g/mol. The van der Waals surface area contributed by atoms with Crippen LogP contribution in [0.1, 0.15) is 33.6 Å². The van der Waals surface area contributed by atoms with E-state index >= 15 is 0 Å². The average Bonchev–Trinajstić information content (AvgIpc) is 1.82. The summed E-state index contributed by atoms with van der Waals surface area (Å²) in [6.07, 6.45) is 2.93. The van der Waals surface area contributed by atoms with Crippen molar-refractivity contribution in [2.75, 3.05) is 13.6 Å². The average molecular weight is 169 g/mol. The summed E-state index contributed by atoms with van der Waals surface area (Å²) in [6.45, 7) is 8.30. The van der Waals surface area contributed by atoms with Crippen molar-refractivity contribution in [2.45, 2.75) is 33.6 Å². The van der Waals surface area contributed by atoms with Gasteiger partial charge in [-0.3, -0.25) is 0 Å². The Labute approximate surface area is 76.9 Å². The maximum atomic E-state index is 3.28. The van der Waals surface area contributed by atoms with Crippen LogP contribution >= 0.6 is 0 Å². The molecule has 1 rings (SSSR count). The molecule has 1 heteroatoms. The van der Waals surface area contributed by atoms with E-state index in [1.54, 1.807) is 0 Å². The lowest BCUT2D eigenvalue weighted by Gasteiger charge is -2.43. The summed E-state index contributed by atoms with van der Waals surface area (Å²) in [5.74, 6) is 3.77. The smallest absolute Gasteiger partial charge is 0.00234 e. The van der Waals surface area contributed by atoms with Crippen LogP contribution < -0.4 is 5.32 Å². The Kier molecular flexibility index (Phi) is 3.57. The van der Waals surface area contributed by atoms with Crippen LogP contribution in [0.4, 0.5) is 0 Å². The summed E-state index contributed by atoms with van der Waals surface area (Å²) in [7, 11) is 2.06. The van der Waals surface area contributed by atoms with E-state index in [4.69, 9.17) is 0 Å². The van der Waals surface area contributed by atoms with Crippen LogP contribution in [0.5, 0.6) is 0 Å². The van der Waals surface area contributed by atoms with Crippen LogP contribution in [-0.2, 0) is 0 Å². The third kappa shape index (κ3) is 2.01. The molecular weight excluding hydrogens is 146 g/mol. The van der Waals surface area contributed by atoms with Crippen molar-refractivity contribution in [1.82, 2.24) is 5.32 Å². The third-order valence-corrected chi connectivity index (χ3v) is 3.50. The third-order valence-electron chi connectivity index (χ3n) is 3.50. The van der Waals surface area contributed by atoms with E-state index in [-0.39, 0.29) is 0 Å². The second-order valence-electron chi connectivity index (χ2n) is 4.68. The Balaban J connectivity index is 2.32. The largest absolute Gasteiger partial charge is 0.319 e. The lowest BCUT2D eigenvalue weighted by atomic mass is 9.63. The second-order valence-corrected chi connectivity index (χ2v) is 4.68. The van der Waals surface area contributed by atoms with Gasteiger partial charge in [0.15, 0.2) is 0 Å². The number of hydrogen-bond donors (Lipinski definition) is 1. The van der Waals surface area contributed by atoms with Crippen molar-refractivity contribution in [1.29, 1.82) is 0 Å². The van der Waals surface area contributed by atoms with Gasteiger partial charge in [0.25, 0.3) is 0 Å². The van der Waals surface area contributed by atoms with Crippen LogP contribution in [0.25, 0.3) is 0 Å². The van der Waals surface area contributed by atoms with Crippen LogP contribution in [-0.4, -0.2) is 13.6 Å². The van der Waals surface area contributed by atoms with Gasteiger partial charge in [0.2, 0.25) is 0 Å². The quantitative estimate of drug-likeness (QED) is 0.682. The van der Waals surface area contributed by atoms with Gasteiger partial charge in [-0.2, -0.15) is 0 Å². The van der Waals surface area contributed by atoms with Crippen molar-refractivity contribution in [3.8, 4) is 0 Å². The molecule has 0 bridgehead atoms. The first-order chi connectivity index (χ1) is 5.66. The lowest BCUT2D eigenvalue weighted by molar-refractivity contribution is 0.0724. The zero-order valence-corrected chi connectivity index (χ0v) is 8.93. The van der Waals surface area contributed by atoms with E-state index in [1.807, 2.05) is 0 Å². The molecule has 12 heavy (non-hydrogen) atoms. The van der Waals surface area contributed by atoms with Crippen LogP contribution in [0.15, 0.2) is 0 Å². The van der Waals surface area contributed by atoms with Crippen molar-refractivity contribution < 1.29 is 0 Å². The minimum absolute atomic E-state index is 0.871. The van der Waals surface area contributed by atoms with Crippen molar-refractivity contribution in [2.24, 2.45) is 23.7 Å². The molecule has 0 aromatic rings. The molecule has 0 radical (unpaired) electrons. The van der Waals surface area contributed by atoms with Gasteiger partial charge >= 0.3 is 0 Å². The molecule has 0 saturated heterocycles. The zero-order valence-electron chi connectivity index (χ0n) is 8.93. The number of nitrogens with one attached hydrogen (secondary N) is 1. The molecule has 1 aliphatic carbocycles. The predicted octanol–water partition coefficient (Wildman–Crippen LogP) is 2.52. The first-order valence-corrected chi connectivity index (χ1v) is 5.31. The highest BCUT2D eigenvalue weighted by Crippen LogP contribution is 2.43. The molecule has 1 fully saturated rings. The normalized spacial score (nSPS) is 31.8. The fourth-order valence-electron chi connectivity index (χ4n) is 2.56. The highest BCUT2D eigenvalue weighted by Gasteiger charge is 2.35. The molecule has 72 valence electrons. The Bertz CT molecular complexity index is 131. The molecule has 3 atom stereocenters. The minimum Gasteiger partial charge on any atom is -0.319 e. The zero-order chi connectivity index (χ0) is 9.14. The Morgan fingerprint density at radius 1 is 1.17 bits per heavy atom. The molecule has 1 N–H and O–H groups in total. The Morgan fingerprint density at radius 2 is 1.75 bits per heavy atom. The van der Waals surface area contributed by atoms with Crippen LogP contribution in [0, 0.1) is 23.7 Å². The van der Waals surface area contributed by atoms with Crippen molar-refractivity contribution in [3.05, 3.63) is 0 Å². The summed E-state index contributed by atoms with van der Waals surface area (Å²) < 4.78 is 0. The molecule has 1 unspecified atom stereocenters. The SMILES string of the molecule is CNCC(C)[C@H]1CC[C@@H]1C(C)C. The molecule has 0 aromatic heterocycles. The topological polar surface area (TPSA) is 12.0 Å². The summed E-state index contributed by atoms with van der Waals surface area (Å²) in [5.41, 5.74) is 0. The van der Waals surface area contributed by atoms with Crippen molar-refractivity contribution in [3.63, 3.8) is 0 Å². The van der Waals surface area contributed by atoms with Crippen molar-refractivity contribution >= 4 is 0 Å². The van der Waals surface area contributed by atoms with Gasteiger partial charge in [-0.1, -0.05) is 20.8 Å². The molecule has 1 saturated carbocycles. The predicted molar refractivity (Wildman–Crippen MR) is 54.1 cm³/mol. The lowest BCUT2D eigenvalue weighted by Crippen LogP contribution is -2.38. The van der Waals surface area contributed by atoms with Gasteiger partial charge in [0.1, 0.15) is 0 Å². The summed E-state index contributed by atoms with van der Waals surface area (Å²) in [6, 6.07) is 0. The fourth-order valence-corrected chi connectivity index (χ4v) is 2.56. The highest BCUT2D eigenvalue weighted by molar-refractivity contribution is 4.86.